The van der Waals surface area contributed by atoms with E-state index in [0.717, 1.165) is 12.1 Å². The molecule has 0 aliphatic carbocycles. The van der Waals surface area contributed by atoms with Crippen molar-refractivity contribution in [3.05, 3.63) is 30.1 Å². The molecule has 0 radical (unpaired) electrons. The molecule has 9 heteroatoms. The van der Waals surface area contributed by atoms with Gasteiger partial charge in [-0.05, 0) is 6.92 Å². The van der Waals surface area contributed by atoms with Crippen molar-refractivity contribution < 1.29 is 34.5 Å². The number of halogens is 6. The van der Waals surface area contributed by atoms with Crippen LogP contribution in [0, 0.1) is 5.92 Å². The van der Waals surface area contributed by atoms with E-state index in [1.807, 2.05) is 42.9 Å². The molecule has 1 aromatic heterocycles. The molecule has 0 amide bonds. The van der Waals surface area contributed by atoms with Gasteiger partial charge in [-0.1, -0.05) is 13.8 Å². The SMILES string of the molecule is CC[n+]1ccc(C(=O)C(C)C)cc1.F[P-](F)(F)(F)(F)F. The summed E-state index contributed by atoms with van der Waals surface area (Å²) in [5.74, 6) is 0.292. The molecule has 0 aliphatic heterocycles. The molecule has 0 bridgehead atoms. The van der Waals surface area contributed by atoms with E-state index in [4.69, 9.17) is 0 Å². The van der Waals surface area contributed by atoms with E-state index in [0.29, 0.717) is 0 Å². The van der Waals surface area contributed by atoms with Crippen LogP contribution in [0.3, 0.4) is 0 Å². The van der Waals surface area contributed by atoms with Gasteiger partial charge in [-0.15, -0.1) is 0 Å². The Morgan fingerprint density at radius 1 is 1.10 bits per heavy atom. The van der Waals surface area contributed by atoms with E-state index < -0.39 is 7.81 Å². The zero-order chi connectivity index (χ0) is 16.3. The number of hydrogen-bond acceptors (Lipinski definition) is 1. The van der Waals surface area contributed by atoms with Crippen LogP contribution in [-0.4, -0.2) is 5.78 Å². The van der Waals surface area contributed by atoms with Crippen LogP contribution in [0.4, 0.5) is 25.2 Å². The van der Waals surface area contributed by atoms with Gasteiger partial charge in [0.1, 0.15) is 6.54 Å². The fraction of sp³-hybridized carbons (Fsp3) is 0.455. The summed E-state index contributed by atoms with van der Waals surface area (Å²) in [5, 5.41) is 0. The van der Waals surface area contributed by atoms with E-state index >= 15 is 0 Å². The van der Waals surface area contributed by atoms with Crippen LogP contribution in [0.1, 0.15) is 31.1 Å². The van der Waals surface area contributed by atoms with Crippen LogP contribution in [-0.2, 0) is 6.54 Å². The van der Waals surface area contributed by atoms with Gasteiger partial charge in [-0.25, -0.2) is 4.57 Å². The Labute approximate surface area is 112 Å². The van der Waals surface area contributed by atoms with Gasteiger partial charge in [0.2, 0.25) is 0 Å². The number of aryl methyl sites for hydroxylation is 1. The van der Waals surface area contributed by atoms with Crippen molar-refractivity contribution in [3.63, 3.8) is 0 Å². The summed E-state index contributed by atoms with van der Waals surface area (Å²) in [6.45, 7) is 6.85. The number of carbonyl (C=O) groups is 1. The Morgan fingerprint density at radius 2 is 1.45 bits per heavy atom. The second-order valence-electron chi connectivity index (χ2n) is 4.39. The summed E-state index contributed by atoms with van der Waals surface area (Å²) in [4.78, 5) is 11.5. The number of nitrogens with zero attached hydrogens (tertiary/aromatic N) is 1. The van der Waals surface area contributed by atoms with Crippen LogP contribution in [0.15, 0.2) is 24.5 Å². The first-order valence-electron chi connectivity index (χ1n) is 5.70. The molecule has 0 spiro atoms. The van der Waals surface area contributed by atoms with Gasteiger partial charge in [0.25, 0.3) is 0 Å². The van der Waals surface area contributed by atoms with Crippen molar-refractivity contribution >= 4 is 13.6 Å². The molecule has 1 heterocycles. The molecule has 1 rings (SSSR count). The predicted octanol–water partition coefficient (Wildman–Crippen LogP) is 5.22. The fourth-order valence-electron chi connectivity index (χ4n) is 1.17. The Kier molecular flexibility index (Phi) is 5.00. The first-order valence-corrected chi connectivity index (χ1v) is 7.72. The second-order valence-corrected chi connectivity index (χ2v) is 6.31. The number of hydrogen-bond donors (Lipinski definition) is 0. The van der Waals surface area contributed by atoms with E-state index in [1.54, 1.807) is 0 Å². The third-order valence-electron chi connectivity index (χ3n) is 2.07. The maximum absolute atomic E-state index is 11.5. The zero-order valence-corrected chi connectivity index (χ0v) is 12.1. The normalized spacial score (nSPS) is 14.9. The van der Waals surface area contributed by atoms with Gasteiger partial charge in [0, 0.05) is 23.6 Å². The summed E-state index contributed by atoms with van der Waals surface area (Å²) in [5.41, 5.74) is 0.805. The second kappa shape index (κ2) is 5.31. The molecule has 0 atom stereocenters. The number of carbonyl (C=O) groups excluding carboxylic acids is 1. The van der Waals surface area contributed by atoms with Gasteiger partial charge < -0.3 is 0 Å². The Hall–Kier alpha value is -1.17. The van der Waals surface area contributed by atoms with Gasteiger partial charge in [0.15, 0.2) is 18.2 Å². The summed E-state index contributed by atoms with van der Waals surface area (Å²) in [6, 6.07) is 3.76. The summed E-state index contributed by atoms with van der Waals surface area (Å²) < 4.78 is 61.2. The van der Waals surface area contributed by atoms with Crippen LogP contribution in [0.25, 0.3) is 0 Å². The molecule has 0 saturated carbocycles. The van der Waals surface area contributed by atoms with Crippen molar-refractivity contribution in [1.29, 1.82) is 0 Å². The quantitative estimate of drug-likeness (QED) is 0.323. The zero-order valence-electron chi connectivity index (χ0n) is 11.2. The maximum atomic E-state index is 11.5. The van der Waals surface area contributed by atoms with Gasteiger partial charge in [-0.2, -0.15) is 0 Å². The van der Waals surface area contributed by atoms with Gasteiger partial charge >= 0.3 is 33.0 Å². The van der Waals surface area contributed by atoms with E-state index in [2.05, 4.69) is 6.92 Å². The Bertz CT molecular complexity index is 454. The van der Waals surface area contributed by atoms with Crippen molar-refractivity contribution in [1.82, 2.24) is 0 Å². The fourth-order valence-corrected chi connectivity index (χ4v) is 1.17. The average molecular weight is 323 g/mol. The first kappa shape index (κ1) is 18.8. The van der Waals surface area contributed by atoms with E-state index in [9.17, 15) is 30.0 Å². The minimum absolute atomic E-state index is 0.0810. The summed E-state index contributed by atoms with van der Waals surface area (Å²) in [7, 11) is -10.7. The van der Waals surface area contributed by atoms with Crippen LogP contribution >= 0.6 is 7.81 Å². The number of ketones is 1. The molecule has 2 nitrogen and oxygen atoms in total. The standard InChI is InChI=1S/C11H16NO.F6P/c1-4-12-7-5-10(6-8-12)11(13)9(2)3;1-7(2,3,4,5)6/h5-9H,4H2,1-3H3;/q+1;-1. The summed E-state index contributed by atoms with van der Waals surface area (Å²) >= 11 is 0. The number of aromatic nitrogens is 1. The van der Waals surface area contributed by atoms with E-state index in [1.165, 1.54) is 0 Å². The van der Waals surface area contributed by atoms with E-state index in [-0.39, 0.29) is 11.7 Å². The topological polar surface area (TPSA) is 20.9 Å². The molecule has 0 aliphatic rings. The van der Waals surface area contributed by atoms with Crippen LogP contribution in [0.2, 0.25) is 0 Å². The third-order valence-corrected chi connectivity index (χ3v) is 2.07. The molecule has 0 unspecified atom stereocenters. The van der Waals surface area contributed by atoms with Gasteiger partial charge in [0.05, 0.1) is 0 Å². The Balaban J connectivity index is 0.000000441. The predicted molar refractivity (Wildman–Crippen MR) is 65.0 cm³/mol. The van der Waals surface area contributed by atoms with Crippen LogP contribution < -0.4 is 4.57 Å². The molecule has 0 N–H and O–H groups in total. The number of pyridine rings is 1. The molecular formula is C11H16F6NOP. The first-order chi connectivity index (χ1) is 8.60. The Morgan fingerprint density at radius 3 is 1.70 bits per heavy atom. The number of Topliss-reactive ketones (excluding diaryl/α,β-unsaturated/α-hetero) is 1. The molecule has 0 fully saturated rings. The molecule has 0 aromatic carbocycles. The van der Waals surface area contributed by atoms with Crippen molar-refractivity contribution in [2.75, 3.05) is 0 Å². The molecule has 118 valence electrons. The van der Waals surface area contributed by atoms with Crippen molar-refractivity contribution in [2.24, 2.45) is 5.92 Å². The van der Waals surface area contributed by atoms with Crippen LogP contribution in [0.5, 0.6) is 0 Å². The molecular weight excluding hydrogens is 307 g/mol. The molecule has 20 heavy (non-hydrogen) atoms. The van der Waals surface area contributed by atoms with Gasteiger partial charge in [-0.3, -0.25) is 4.79 Å². The summed E-state index contributed by atoms with van der Waals surface area (Å²) in [6.07, 6.45) is 3.88. The monoisotopic (exact) mass is 323 g/mol. The van der Waals surface area contributed by atoms with Crippen molar-refractivity contribution in [3.8, 4) is 0 Å². The molecule has 1 aromatic rings. The number of rotatable bonds is 3. The van der Waals surface area contributed by atoms with Crippen molar-refractivity contribution in [2.45, 2.75) is 27.3 Å². The minimum atomic E-state index is -10.7. The third kappa shape index (κ3) is 11.9. The molecule has 0 saturated heterocycles. The average Bonchev–Trinajstić information content (AvgIpc) is 2.24.